The van der Waals surface area contributed by atoms with Crippen LogP contribution in [0.5, 0.6) is 0 Å². The van der Waals surface area contributed by atoms with E-state index < -0.39 is 0 Å². The quantitative estimate of drug-likeness (QED) is 0.642. The third-order valence-corrected chi connectivity index (χ3v) is 2.87. The molecule has 80 valence electrons. The number of carbonyl (C=O) groups excluding carboxylic acids is 1. The van der Waals surface area contributed by atoms with Crippen molar-refractivity contribution in [1.82, 2.24) is 4.90 Å². The van der Waals surface area contributed by atoms with Crippen LogP contribution >= 0.6 is 0 Å². The van der Waals surface area contributed by atoms with Crippen molar-refractivity contribution in [2.24, 2.45) is 0 Å². The van der Waals surface area contributed by atoms with Gasteiger partial charge in [0.05, 0.1) is 12.6 Å². The van der Waals surface area contributed by atoms with E-state index in [1.807, 2.05) is 10.8 Å². The number of hydrogen-bond acceptors (Lipinski definition) is 3. The van der Waals surface area contributed by atoms with Crippen LogP contribution in [0.4, 0.5) is 0 Å². The lowest BCUT2D eigenvalue weighted by atomic mass is 10.1. The van der Waals surface area contributed by atoms with Gasteiger partial charge in [0.15, 0.2) is 0 Å². The van der Waals surface area contributed by atoms with E-state index in [1.54, 1.807) is 7.11 Å². The molecule has 0 bridgehead atoms. The van der Waals surface area contributed by atoms with Crippen LogP contribution in [0.1, 0.15) is 19.3 Å². The van der Waals surface area contributed by atoms with Gasteiger partial charge in [0, 0.05) is 19.2 Å². The lowest BCUT2D eigenvalue weighted by Gasteiger charge is -2.21. The Hall–Kier alpha value is -1.31. The molecule has 15 heavy (non-hydrogen) atoms. The second-order valence-electron chi connectivity index (χ2n) is 3.83. The van der Waals surface area contributed by atoms with Gasteiger partial charge in [-0.1, -0.05) is 12.2 Å². The third kappa shape index (κ3) is 2.04. The number of allylic oxidation sites excluding steroid dienone is 3. The van der Waals surface area contributed by atoms with Crippen molar-refractivity contribution in [2.45, 2.75) is 25.4 Å². The molecule has 0 unspecified atom stereocenters. The van der Waals surface area contributed by atoms with E-state index in [2.05, 4.69) is 18.2 Å². The van der Waals surface area contributed by atoms with E-state index in [-0.39, 0.29) is 6.10 Å². The molecule has 0 saturated carbocycles. The Kier molecular flexibility index (Phi) is 3.05. The molecule has 0 spiro atoms. The maximum absolute atomic E-state index is 10.8. The summed E-state index contributed by atoms with van der Waals surface area (Å²) in [5.41, 5.74) is 1.82. The minimum absolute atomic E-state index is 0.123. The van der Waals surface area contributed by atoms with Crippen LogP contribution in [0.15, 0.2) is 29.6 Å². The summed E-state index contributed by atoms with van der Waals surface area (Å²) in [7, 11) is 1.68. The molecule has 1 saturated heterocycles. The number of hydrogen-bond donors (Lipinski definition) is 0. The fourth-order valence-electron chi connectivity index (χ4n) is 2.02. The minimum Gasteiger partial charge on any atom is -0.379 e. The van der Waals surface area contributed by atoms with Crippen molar-refractivity contribution in [3.05, 3.63) is 29.6 Å². The summed E-state index contributed by atoms with van der Waals surface area (Å²) in [6, 6.07) is 0. The van der Waals surface area contributed by atoms with Gasteiger partial charge < -0.3 is 9.64 Å². The molecule has 1 fully saturated rings. The molecule has 3 nitrogen and oxygen atoms in total. The Morgan fingerprint density at radius 2 is 2.40 bits per heavy atom. The third-order valence-electron chi connectivity index (χ3n) is 2.87. The predicted molar refractivity (Wildman–Crippen MR) is 57.8 cm³/mol. The van der Waals surface area contributed by atoms with Gasteiger partial charge in [0.25, 0.3) is 0 Å². The predicted octanol–water partition coefficient (Wildman–Crippen LogP) is 1.66. The maximum Gasteiger partial charge on any atom is 0.146 e. The largest absolute Gasteiger partial charge is 0.379 e. The first-order valence-electron chi connectivity index (χ1n) is 5.26. The number of likely N-dealkylation sites (tertiary alicyclic amines) is 1. The average Bonchev–Trinajstić information content (AvgIpc) is 2.73. The molecule has 1 aliphatic heterocycles. The number of nitrogens with zero attached hydrogens (tertiary/aromatic N) is 1. The Morgan fingerprint density at radius 3 is 3.00 bits per heavy atom. The van der Waals surface area contributed by atoms with Crippen LogP contribution in [0.25, 0.3) is 0 Å². The maximum atomic E-state index is 10.8. The van der Waals surface area contributed by atoms with Crippen molar-refractivity contribution in [3.8, 4) is 0 Å². The van der Waals surface area contributed by atoms with Gasteiger partial charge in [0.1, 0.15) is 11.6 Å². The molecular weight excluding hydrogens is 190 g/mol. The SMILES string of the molecule is CO[C@@H]1CC(=C=O)N(C2=CCCC=C2)C1. The lowest BCUT2D eigenvalue weighted by molar-refractivity contribution is 0.112. The Morgan fingerprint density at radius 1 is 1.53 bits per heavy atom. The summed E-state index contributed by atoms with van der Waals surface area (Å²) in [6.45, 7) is 0.761. The monoisotopic (exact) mass is 205 g/mol. The first-order valence-corrected chi connectivity index (χ1v) is 5.26. The van der Waals surface area contributed by atoms with Crippen molar-refractivity contribution < 1.29 is 9.53 Å². The fourth-order valence-corrected chi connectivity index (χ4v) is 2.02. The van der Waals surface area contributed by atoms with Crippen LogP contribution in [0.3, 0.4) is 0 Å². The van der Waals surface area contributed by atoms with Crippen LogP contribution in [0, 0.1) is 0 Å². The Labute approximate surface area is 89.7 Å². The average molecular weight is 205 g/mol. The van der Waals surface area contributed by atoms with E-state index >= 15 is 0 Å². The highest BCUT2D eigenvalue weighted by Crippen LogP contribution is 2.27. The van der Waals surface area contributed by atoms with Crippen LogP contribution in [-0.2, 0) is 9.53 Å². The van der Waals surface area contributed by atoms with E-state index in [0.717, 1.165) is 25.1 Å². The summed E-state index contributed by atoms with van der Waals surface area (Å²) in [5.74, 6) is 2.01. The van der Waals surface area contributed by atoms with Crippen molar-refractivity contribution in [2.75, 3.05) is 13.7 Å². The van der Waals surface area contributed by atoms with Crippen LogP contribution < -0.4 is 0 Å². The van der Waals surface area contributed by atoms with Crippen molar-refractivity contribution in [3.63, 3.8) is 0 Å². The van der Waals surface area contributed by atoms with Gasteiger partial charge in [0.2, 0.25) is 0 Å². The molecule has 2 aliphatic rings. The molecule has 1 atom stereocenters. The lowest BCUT2D eigenvalue weighted by Crippen LogP contribution is -2.21. The van der Waals surface area contributed by atoms with Gasteiger partial charge in [-0.25, -0.2) is 4.79 Å². The zero-order valence-corrected chi connectivity index (χ0v) is 8.90. The molecule has 1 heterocycles. The van der Waals surface area contributed by atoms with E-state index in [4.69, 9.17) is 4.74 Å². The molecule has 0 amide bonds. The van der Waals surface area contributed by atoms with E-state index in [0.29, 0.717) is 12.1 Å². The zero-order valence-electron chi connectivity index (χ0n) is 8.90. The first-order chi connectivity index (χ1) is 7.35. The number of ether oxygens (including phenoxy) is 1. The summed E-state index contributed by atoms with van der Waals surface area (Å²) >= 11 is 0. The second-order valence-corrected chi connectivity index (χ2v) is 3.83. The summed E-state index contributed by atoms with van der Waals surface area (Å²) < 4.78 is 5.27. The second kappa shape index (κ2) is 4.47. The van der Waals surface area contributed by atoms with Gasteiger partial charge in [-0.3, -0.25) is 0 Å². The first kappa shape index (κ1) is 10.2. The van der Waals surface area contributed by atoms with Crippen molar-refractivity contribution in [1.29, 1.82) is 0 Å². The molecule has 0 aromatic heterocycles. The molecule has 0 aromatic rings. The number of rotatable bonds is 2. The normalized spacial score (nSPS) is 25.4. The molecule has 2 rings (SSSR count). The molecule has 0 radical (unpaired) electrons. The zero-order chi connectivity index (χ0) is 10.7. The summed E-state index contributed by atoms with van der Waals surface area (Å²) in [5, 5.41) is 0. The van der Waals surface area contributed by atoms with E-state index in [1.165, 1.54) is 0 Å². The Balaban J connectivity index is 2.18. The van der Waals surface area contributed by atoms with Gasteiger partial charge in [-0.2, -0.15) is 0 Å². The Bertz CT molecular complexity index is 351. The summed E-state index contributed by atoms with van der Waals surface area (Å²) in [4.78, 5) is 12.8. The van der Waals surface area contributed by atoms with Crippen molar-refractivity contribution >= 4 is 5.94 Å². The molecule has 1 aliphatic carbocycles. The highest BCUT2D eigenvalue weighted by molar-refractivity contribution is 5.54. The standard InChI is InChI=1S/C12H15NO2/c1-15-12-7-11(9-14)13(8-12)10-5-3-2-4-6-10/h3,5-6,12H,2,4,7-8H2,1H3/t12-/m1/s1. The van der Waals surface area contributed by atoms with Gasteiger partial charge in [-0.05, 0) is 18.9 Å². The molecular formula is C12H15NO2. The van der Waals surface area contributed by atoms with Gasteiger partial charge in [-0.15, -0.1) is 0 Å². The topological polar surface area (TPSA) is 29.5 Å². The van der Waals surface area contributed by atoms with Crippen LogP contribution in [0.2, 0.25) is 0 Å². The highest BCUT2D eigenvalue weighted by Gasteiger charge is 2.29. The minimum atomic E-state index is 0.123. The summed E-state index contributed by atoms with van der Waals surface area (Å²) in [6.07, 6.45) is 9.30. The van der Waals surface area contributed by atoms with Crippen LogP contribution in [-0.4, -0.2) is 30.6 Å². The molecule has 0 aromatic carbocycles. The van der Waals surface area contributed by atoms with Gasteiger partial charge >= 0.3 is 0 Å². The smallest absolute Gasteiger partial charge is 0.146 e. The number of methoxy groups -OCH3 is 1. The highest BCUT2D eigenvalue weighted by atomic mass is 16.5. The van der Waals surface area contributed by atoms with E-state index in [9.17, 15) is 4.79 Å². The molecule has 0 N–H and O–H groups in total. The molecule has 3 heteroatoms. The fraction of sp³-hybridized carbons (Fsp3) is 0.500.